The minimum atomic E-state index is -1.22. The molecule has 0 amide bonds. The SMILES string of the molecule is CNc1ccc(-c2ccc3cc(N(C)C)ccc3n2)cc1OC(C)(C)C(O)CF. The van der Waals surface area contributed by atoms with E-state index in [1.54, 1.807) is 20.9 Å². The first kappa shape index (κ1) is 20.9. The number of fused-ring (bicyclic) bond motifs is 1. The summed E-state index contributed by atoms with van der Waals surface area (Å²) in [5.74, 6) is 0.535. The minimum absolute atomic E-state index is 0.535. The van der Waals surface area contributed by atoms with E-state index in [2.05, 4.69) is 16.3 Å². The normalized spacial score (nSPS) is 12.7. The fourth-order valence-corrected chi connectivity index (χ4v) is 3.06. The average molecular weight is 397 g/mol. The Morgan fingerprint density at radius 2 is 1.90 bits per heavy atom. The Morgan fingerprint density at radius 1 is 1.14 bits per heavy atom. The summed E-state index contributed by atoms with van der Waals surface area (Å²) in [4.78, 5) is 6.84. The molecule has 5 nitrogen and oxygen atoms in total. The van der Waals surface area contributed by atoms with Crippen molar-refractivity contribution in [2.24, 2.45) is 0 Å². The summed E-state index contributed by atoms with van der Waals surface area (Å²) < 4.78 is 19.0. The standard InChI is InChI=1S/C23H28FN3O2/c1-23(2,22(28)14-24)29-21-13-16(7-10-20(21)25-3)18-9-6-15-12-17(27(4)5)8-11-19(15)26-18/h6-13,22,25,28H,14H2,1-5H3. The Morgan fingerprint density at radius 3 is 2.55 bits per heavy atom. The number of halogens is 1. The van der Waals surface area contributed by atoms with E-state index in [1.165, 1.54) is 0 Å². The molecule has 1 heterocycles. The number of nitrogens with zero attached hydrogens (tertiary/aromatic N) is 2. The van der Waals surface area contributed by atoms with E-state index in [-0.39, 0.29) is 0 Å². The van der Waals surface area contributed by atoms with Gasteiger partial charge < -0.3 is 20.1 Å². The van der Waals surface area contributed by atoms with Gasteiger partial charge in [0.25, 0.3) is 0 Å². The molecule has 154 valence electrons. The Bertz CT molecular complexity index is 1000. The number of aliphatic hydroxyl groups excluding tert-OH is 1. The molecule has 0 aliphatic carbocycles. The molecule has 0 radical (unpaired) electrons. The van der Waals surface area contributed by atoms with Crippen molar-refractivity contribution in [3.05, 3.63) is 48.5 Å². The van der Waals surface area contributed by atoms with Gasteiger partial charge in [-0.25, -0.2) is 9.37 Å². The summed E-state index contributed by atoms with van der Waals surface area (Å²) in [7, 11) is 5.81. The molecular weight excluding hydrogens is 369 g/mol. The van der Waals surface area contributed by atoms with Crippen LogP contribution in [0.5, 0.6) is 5.75 Å². The lowest BCUT2D eigenvalue weighted by Crippen LogP contribution is -2.43. The second-order valence-corrected chi connectivity index (χ2v) is 7.80. The highest BCUT2D eigenvalue weighted by Gasteiger charge is 2.31. The van der Waals surface area contributed by atoms with Crippen molar-refractivity contribution < 1.29 is 14.2 Å². The van der Waals surface area contributed by atoms with Gasteiger partial charge in [-0.2, -0.15) is 0 Å². The third-order valence-electron chi connectivity index (χ3n) is 5.06. The zero-order valence-corrected chi connectivity index (χ0v) is 17.5. The number of pyridine rings is 1. The number of alkyl halides is 1. The van der Waals surface area contributed by atoms with Crippen LogP contribution in [-0.4, -0.2) is 49.6 Å². The minimum Gasteiger partial charge on any atom is -0.483 e. The maximum absolute atomic E-state index is 13.0. The van der Waals surface area contributed by atoms with Crippen molar-refractivity contribution in [3.63, 3.8) is 0 Å². The number of anilines is 2. The van der Waals surface area contributed by atoms with Gasteiger partial charge in [0.1, 0.15) is 24.1 Å². The van der Waals surface area contributed by atoms with Gasteiger partial charge in [-0.15, -0.1) is 0 Å². The molecule has 2 aromatic carbocycles. The first-order chi connectivity index (χ1) is 13.7. The van der Waals surface area contributed by atoms with Gasteiger partial charge in [0, 0.05) is 37.8 Å². The molecule has 0 fully saturated rings. The summed E-state index contributed by atoms with van der Waals surface area (Å²) >= 11 is 0. The molecule has 1 aromatic heterocycles. The molecule has 2 N–H and O–H groups in total. The van der Waals surface area contributed by atoms with Crippen molar-refractivity contribution in [2.45, 2.75) is 25.6 Å². The summed E-state index contributed by atoms with van der Waals surface area (Å²) in [6.45, 7) is 2.46. The van der Waals surface area contributed by atoms with Crippen LogP contribution >= 0.6 is 0 Å². The Kier molecular flexibility index (Phi) is 5.94. The number of rotatable bonds is 7. The maximum Gasteiger partial charge on any atom is 0.144 e. The smallest absolute Gasteiger partial charge is 0.144 e. The molecule has 6 heteroatoms. The van der Waals surface area contributed by atoms with Crippen LogP contribution in [0.15, 0.2) is 48.5 Å². The first-order valence-electron chi connectivity index (χ1n) is 9.58. The van der Waals surface area contributed by atoms with E-state index in [0.717, 1.165) is 33.5 Å². The van der Waals surface area contributed by atoms with Crippen molar-refractivity contribution in [3.8, 4) is 17.0 Å². The molecule has 0 aliphatic heterocycles. The van der Waals surface area contributed by atoms with Crippen molar-refractivity contribution in [2.75, 3.05) is 38.0 Å². The topological polar surface area (TPSA) is 57.6 Å². The molecule has 0 saturated carbocycles. The van der Waals surface area contributed by atoms with Crippen LogP contribution in [0, 0.1) is 0 Å². The second-order valence-electron chi connectivity index (χ2n) is 7.80. The summed E-state index contributed by atoms with van der Waals surface area (Å²) in [6.07, 6.45) is -1.22. The molecule has 0 spiro atoms. The van der Waals surface area contributed by atoms with E-state index in [0.29, 0.717) is 5.75 Å². The predicted molar refractivity (Wildman–Crippen MR) is 118 cm³/mol. The molecule has 29 heavy (non-hydrogen) atoms. The number of hydrogen-bond donors (Lipinski definition) is 2. The van der Waals surface area contributed by atoms with Crippen LogP contribution in [0.1, 0.15) is 13.8 Å². The van der Waals surface area contributed by atoms with Crippen LogP contribution in [0.25, 0.3) is 22.2 Å². The molecule has 0 aliphatic rings. The molecule has 0 saturated heterocycles. The number of aliphatic hydroxyl groups is 1. The Hall–Kier alpha value is -2.86. The molecule has 1 unspecified atom stereocenters. The lowest BCUT2D eigenvalue weighted by Gasteiger charge is -2.31. The van der Waals surface area contributed by atoms with Crippen molar-refractivity contribution in [1.82, 2.24) is 4.98 Å². The highest BCUT2D eigenvalue weighted by molar-refractivity contribution is 5.85. The highest BCUT2D eigenvalue weighted by atomic mass is 19.1. The summed E-state index contributed by atoms with van der Waals surface area (Å²) in [6, 6.07) is 15.9. The largest absolute Gasteiger partial charge is 0.483 e. The quantitative estimate of drug-likeness (QED) is 0.615. The van der Waals surface area contributed by atoms with Crippen LogP contribution in [0.3, 0.4) is 0 Å². The summed E-state index contributed by atoms with van der Waals surface area (Å²) in [5, 5.41) is 14.1. The third kappa shape index (κ3) is 4.43. The summed E-state index contributed by atoms with van der Waals surface area (Å²) in [5.41, 5.74) is 3.40. The first-order valence-corrected chi connectivity index (χ1v) is 9.58. The Balaban J connectivity index is 1.99. The van der Waals surface area contributed by atoms with Gasteiger partial charge in [0.05, 0.1) is 16.9 Å². The van der Waals surface area contributed by atoms with Gasteiger partial charge in [0.15, 0.2) is 0 Å². The van der Waals surface area contributed by atoms with Gasteiger partial charge in [-0.05, 0) is 50.2 Å². The molecule has 3 rings (SSSR count). The lowest BCUT2D eigenvalue weighted by atomic mass is 10.0. The van der Waals surface area contributed by atoms with E-state index in [1.807, 2.05) is 56.6 Å². The van der Waals surface area contributed by atoms with Gasteiger partial charge >= 0.3 is 0 Å². The fraction of sp³-hybridized carbons (Fsp3) is 0.348. The zero-order chi connectivity index (χ0) is 21.2. The highest BCUT2D eigenvalue weighted by Crippen LogP contribution is 2.34. The Labute approximate surface area is 171 Å². The van der Waals surface area contributed by atoms with E-state index in [9.17, 15) is 9.50 Å². The predicted octanol–water partition coefficient (Wildman–Crippen LogP) is 4.50. The zero-order valence-electron chi connectivity index (χ0n) is 17.5. The van der Waals surface area contributed by atoms with Crippen molar-refractivity contribution >= 4 is 22.3 Å². The van der Waals surface area contributed by atoms with Crippen molar-refractivity contribution in [1.29, 1.82) is 0 Å². The van der Waals surface area contributed by atoms with Gasteiger partial charge in [-0.3, -0.25) is 0 Å². The van der Waals surface area contributed by atoms with E-state index < -0.39 is 18.4 Å². The molecule has 3 aromatic rings. The monoisotopic (exact) mass is 397 g/mol. The number of aromatic nitrogens is 1. The van der Waals surface area contributed by atoms with Crippen LogP contribution in [0.4, 0.5) is 15.8 Å². The molecule has 0 bridgehead atoms. The molecule has 1 atom stereocenters. The van der Waals surface area contributed by atoms with Crippen LogP contribution < -0.4 is 15.0 Å². The van der Waals surface area contributed by atoms with E-state index in [4.69, 9.17) is 9.72 Å². The number of ether oxygens (including phenoxy) is 1. The van der Waals surface area contributed by atoms with Crippen LogP contribution in [0.2, 0.25) is 0 Å². The number of benzene rings is 2. The fourth-order valence-electron chi connectivity index (χ4n) is 3.06. The maximum atomic E-state index is 13.0. The number of nitrogens with one attached hydrogen (secondary N) is 1. The lowest BCUT2D eigenvalue weighted by molar-refractivity contribution is -0.0388. The molecular formula is C23H28FN3O2. The van der Waals surface area contributed by atoms with Crippen LogP contribution in [-0.2, 0) is 0 Å². The van der Waals surface area contributed by atoms with Gasteiger partial charge in [0.2, 0.25) is 0 Å². The van der Waals surface area contributed by atoms with Gasteiger partial charge in [-0.1, -0.05) is 12.1 Å². The third-order valence-corrected chi connectivity index (χ3v) is 5.06. The number of hydrogen-bond acceptors (Lipinski definition) is 5. The second kappa shape index (κ2) is 8.25. The average Bonchev–Trinajstić information content (AvgIpc) is 2.71. The van der Waals surface area contributed by atoms with E-state index >= 15 is 0 Å².